The smallest absolute Gasteiger partial charge is 0.238 e. The van der Waals surface area contributed by atoms with Gasteiger partial charge in [-0.2, -0.15) is 0 Å². The maximum Gasteiger partial charge on any atom is 0.238 e. The average Bonchev–Trinajstić information content (AvgIpc) is 3.15. The molecule has 29 heavy (non-hydrogen) atoms. The average molecular weight is 432 g/mol. The van der Waals surface area contributed by atoms with Gasteiger partial charge in [0.2, 0.25) is 15.9 Å². The third-order valence-electron chi connectivity index (χ3n) is 4.21. The first-order valence-electron chi connectivity index (χ1n) is 8.82. The molecule has 0 aliphatic heterocycles. The molecule has 1 amide bonds. The highest BCUT2D eigenvalue weighted by Gasteiger charge is 2.11. The third-order valence-corrected chi connectivity index (χ3v) is 6.08. The van der Waals surface area contributed by atoms with E-state index in [1.807, 2.05) is 35.8 Å². The lowest BCUT2D eigenvalue weighted by atomic mass is 10.1. The Morgan fingerprint density at radius 3 is 2.59 bits per heavy atom. The van der Waals surface area contributed by atoms with E-state index >= 15 is 0 Å². The lowest BCUT2D eigenvalue weighted by Crippen LogP contribution is -2.27. The molecule has 0 bridgehead atoms. The number of benzene rings is 2. The predicted octanol–water partition coefficient (Wildman–Crippen LogP) is 1.67. The van der Waals surface area contributed by atoms with Crippen LogP contribution in [-0.2, 0) is 21.2 Å². The zero-order valence-corrected chi connectivity index (χ0v) is 17.4. The zero-order valence-electron chi connectivity index (χ0n) is 15.8. The second kappa shape index (κ2) is 9.21. The first-order valence-corrected chi connectivity index (χ1v) is 11.3. The first-order chi connectivity index (χ1) is 13.8. The summed E-state index contributed by atoms with van der Waals surface area (Å²) < 4.78 is 24.4. The van der Waals surface area contributed by atoms with Crippen LogP contribution < -0.4 is 10.5 Å². The van der Waals surface area contributed by atoms with Crippen LogP contribution >= 0.6 is 11.8 Å². The number of aromatic nitrogens is 3. The van der Waals surface area contributed by atoms with E-state index in [-0.39, 0.29) is 16.6 Å². The van der Waals surface area contributed by atoms with Gasteiger partial charge in [0.15, 0.2) is 5.16 Å². The maximum absolute atomic E-state index is 12.1. The second-order valence-electron chi connectivity index (χ2n) is 6.35. The van der Waals surface area contributed by atoms with Gasteiger partial charge in [-0.05, 0) is 42.7 Å². The summed E-state index contributed by atoms with van der Waals surface area (Å²) >= 11 is 1.31. The molecule has 0 unspecified atom stereocenters. The number of carbonyl (C=O) groups excluding carboxylic acids is 1. The molecule has 0 aliphatic carbocycles. The second-order valence-corrected chi connectivity index (χ2v) is 8.85. The van der Waals surface area contributed by atoms with Gasteiger partial charge < -0.3 is 5.32 Å². The minimum Gasteiger partial charge on any atom is -0.355 e. The van der Waals surface area contributed by atoms with Gasteiger partial charge >= 0.3 is 0 Å². The van der Waals surface area contributed by atoms with Gasteiger partial charge in [0.25, 0.3) is 0 Å². The van der Waals surface area contributed by atoms with Crippen molar-refractivity contribution in [3.8, 4) is 5.69 Å². The summed E-state index contributed by atoms with van der Waals surface area (Å²) in [6.45, 7) is 2.45. The van der Waals surface area contributed by atoms with Gasteiger partial charge in [0.05, 0.1) is 16.3 Å². The summed E-state index contributed by atoms with van der Waals surface area (Å²) in [4.78, 5) is 12.2. The number of nitrogens with zero attached hydrogens (tertiary/aromatic N) is 3. The van der Waals surface area contributed by atoms with Crippen LogP contribution in [0.15, 0.2) is 64.9 Å². The van der Waals surface area contributed by atoms with Gasteiger partial charge in [-0.15, -0.1) is 10.2 Å². The molecule has 3 N–H and O–H groups in total. The number of rotatable bonds is 8. The largest absolute Gasteiger partial charge is 0.355 e. The molecular formula is C19H21N5O3S2. The van der Waals surface area contributed by atoms with Crippen molar-refractivity contribution >= 4 is 27.7 Å². The Morgan fingerprint density at radius 2 is 1.90 bits per heavy atom. The van der Waals surface area contributed by atoms with Crippen molar-refractivity contribution < 1.29 is 13.2 Å². The fourth-order valence-corrected chi connectivity index (χ4v) is 3.96. The van der Waals surface area contributed by atoms with Gasteiger partial charge in [0.1, 0.15) is 6.33 Å². The molecule has 3 rings (SSSR count). The summed E-state index contributed by atoms with van der Waals surface area (Å²) in [6, 6.07) is 14.2. The van der Waals surface area contributed by atoms with E-state index in [9.17, 15) is 13.2 Å². The summed E-state index contributed by atoms with van der Waals surface area (Å²) in [6.07, 6.45) is 2.22. The van der Waals surface area contributed by atoms with Crippen LogP contribution in [0.1, 0.15) is 11.1 Å². The lowest BCUT2D eigenvalue weighted by molar-refractivity contribution is -0.118. The Kier molecular flexibility index (Phi) is 6.68. The standard InChI is InChI=1S/C19H21N5O3S2/c1-14-4-2-3-5-17(14)24-13-22-23-19(24)28-12-18(25)21-11-10-15-6-8-16(9-7-15)29(20,26)27/h2-9,13H,10-12H2,1H3,(H,21,25)(H2,20,26,27). The molecule has 3 aromatic rings. The molecular weight excluding hydrogens is 410 g/mol. The van der Waals surface area contributed by atoms with E-state index in [4.69, 9.17) is 5.14 Å². The number of nitrogens with one attached hydrogen (secondary N) is 1. The Balaban J connectivity index is 1.49. The number of primary sulfonamides is 1. The highest BCUT2D eigenvalue weighted by Crippen LogP contribution is 2.21. The molecule has 0 spiro atoms. The summed E-state index contributed by atoms with van der Waals surface area (Å²) in [5.74, 6) is 0.102. The van der Waals surface area contributed by atoms with Crippen molar-refractivity contribution in [1.29, 1.82) is 0 Å². The summed E-state index contributed by atoms with van der Waals surface area (Å²) in [5, 5.41) is 16.6. The van der Waals surface area contributed by atoms with Crippen LogP contribution in [-0.4, -0.2) is 41.4 Å². The number of thioether (sulfide) groups is 1. The van der Waals surface area contributed by atoms with Gasteiger partial charge in [0, 0.05) is 6.54 Å². The van der Waals surface area contributed by atoms with Gasteiger partial charge in [-0.25, -0.2) is 13.6 Å². The number of sulfonamides is 1. The number of amides is 1. The van der Waals surface area contributed by atoms with Crippen LogP contribution in [0.3, 0.4) is 0 Å². The predicted molar refractivity (Wildman–Crippen MR) is 111 cm³/mol. The molecule has 1 heterocycles. The van der Waals surface area contributed by atoms with Crippen molar-refractivity contribution in [1.82, 2.24) is 20.1 Å². The van der Waals surface area contributed by atoms with Crippen molar-refractivity contribution in [2.45, 2.75) is 23.4 Å². The van der Waals surface area contributed by atoms with E-state index in [0.29, 0.717) is 18.1 Å². The maximum atomic E-state index is 12.1. The van der Waals surface area contributed by atoms with Gasteiger partial charge in [-0.3, -0.25) is 9.36 Å². The van der Waals surface area contributed by atoms with Crippen LogP contribution in [0.25, 0.3) is 5.69 Å². The van der Waals surface area contributed by atoms with E-state index < -0.39 is 10.0 Å². The van der Waals surface area contributed by atoms with Crippen molar-refractivity contribution in [3.63, 3.8) is 0 Å². The molecule has 2 aromatic carbocycles. The first kappa shape index (κ1) is 21.0. The van der Waals surface area contributed by atoms with Crippen LogP contribution in [0.4, 0.5) is 0 Å². The molecule has 0 saturated heterocycles. The van der Waals surface area contributed by atoms with E-state index in [0.717, 1.165) is 16.8 Å². The third kappa shape index (κ3) is 5.66. The number of para-hydroxylation sites is 1. The Morgan fingerprint density at radius 1 is 1.17 bits per heavy atom. The number of aryl methyl sites for hydroxylation is 1. The number of nitrogens with two attached hydrogens (primary N) is 1. The Labute approximate surface area is 173 Å². The molecule has 152 valence electrons. The van der Waals surface area contributed by atoms with E-state index in [1.165, 1.54) is 23.9 Å². The summed E-state index contributed by atoms with van der Waals surface area (Å²) in [7, 11) is -3.69. The molecule has 8 nitrogen and oxygen atoms in total. The molecule has 1 aromatic heterocycles. The molecule has 0 aliphatic rings. The fourth-order valence-electron chi connectivity index (χ4n) is 2.69. The van der Waals surface area contributed by atoms with Gasteiger partial charge in [-0.1, -0.05) is 42.1 Å². The van der Waals surface area contributed by atoms with Crippen molar-refractivity contribution in [3.05, 3.63) is 66.0 Å². The molecule has 0 atom stereocenters. The lowest BCUT2D eigenvalue weighted by Gasteiger charge is -2.09. The molecule has 0 fully saturated rings. The topological polar surface area (TPSA) is 120 Å². The SMILES string of the molecule is Cc1ccccc1-n1cnnc1SCC(=O)NCCc1ccc(S(N)(=O)=O)cc1. The van der Waals surface area contributed by atoms with Crippen LogP contribution in [0, 0.1) is 6.92 Å². The highest BCUT2D eigenvalue weighted by atomic mass is 32.2. The number of hydrogen-bond acceptors (Lipinski definition) is 6. The van der Waals surface area contributed by atoms with E-state index in [2.05, 4.69) is 15.5 Å². The normalized spacial score (nSPS) is 11.4. The van der Waals surface area contributed by atoms with Crippen molar-refractivity contribution in [2.24, 2.45) is 5.14 Å². The molecule has 10 heteroatoms. The minimum absolute atomic E-state index is 0.0689. The van der Waals surface area contributed by atoms with E-state index in [1.54, 1.807) is 18.5 Å². The fraction of sp³-hybridized carbons (Fsp3) is 0.211. The highest BCUT2D eigenvalue weighted by molar-refractivity contribution is 7.99. The Bertz CT molecular complexity index is 1100. The van der Waals surface area contributed by atoms with Crippen LogP contribution in [0.5, 0.6) is 0 Å². The minimum atomic E-state index is -3.69. The quantitative estimate of drug-likeness (QED) is 0.524. The molecule has 0 radical (unpaired) electrons. The number of carbonyl (C=O) groups is 1. The monoisotopic (exact) mass is 431 g/mol. The van der Waals surface area contributed by atoms with Crippen molar-refractivity contribution in [2.75, 3.05) is 12.3 Å². The van der Waals surface area contributed by atoms with Crippen LogP contribution in [0.2, 0.25) is 0 Å². The molecule has 0 saturated carbocycles. The number of hydrogen-bond donors (Lipinski definition) is 2. The summed E-state index contributed by atoms with van der Waals surface area (Å²) in [5.41, 5.74) is 2.97. The Hall–Kier alpha value is -2.69. The zero-order chi connectivity index (χ0) is 20.9.